The highest BCUT2D eigenvalue weighted by molar-refractivity contribution is 6.03. The monoisotopic (exact) mass is 306 g/mol. The third-order valence-electron chi connectivity index (χ3n) is 3.08. The third-order valence-corrected chi connectivity index (χ3v) is 3.08. The highest BCUT2D eigenvalue weighted by Gasteiger charge is 2.14. The number of carbonyl (C=O) groups is 2. The second-order valence-corrected chi connectivity index (χ2v) is 5.38. The zero-order valence-electron chi connectivity index (χ0n) is 13.8. The van der Waals surface area contributed by atoms with Crippen LogP contribution in [0.1, 0.15) is 29.3 Å². The fourth-order valence-electron chi connectivity index (χ4n) is 1.84. The first-order valence-corrected chi connectivity index (χ1v) is 7.53. The van der Waals surface area contributed by atoms with E-state index in [2.05, 4.69) is 22.9 Å². The standard InChI is InChI=1S/C16H26N4O2/c1-5-8-17-9-10-18-15(21)13-11-12(2)6-7-14(13)19-16(22)20(3)4/h6-7,11,17H,5,8-10H2,1-4H3,(H,18,21)(H,19,22). The Kier molecular flexibility index (Phi) is 7.39. The van der Waals surface area contributed by atoms with Crippen LogP contribution in [0.5, 0.6) is 0 Å². The lowest BCUT2D eigenvalue weighted by Crippen LogP contribution is -2.33. The lowest BCUT2D eigenvalue weighted by Gasteiger charge is -2.15. The number of urea groups is 1. The van der Waals surface area contributed by atoms with Crippen LogP contribution in [0.25, 0.3) is 0 Å². The van der Waals surface area contributed by atoms with E-state index in [1.807, 2.05) is 13.0 Å². The maximum Gasteiger partial charge on any atom is 0.321 e. The molecular weight excluding hydrogens is 280 g/mol. The Bertz CT molecular complexity index is 515. The van der Waals surface area contributed by atoms with Gasteiger partial charge in [0, 0.05) is 27.2 Å². The first-order valence-electron chi connectivity index (χ1n) is 7.53. The second-order valence-electron chi connectivity index (χ2n) is 5.38. The molecule has 1 rings (SSSR count). The molecule has 0 radical (unpaired) electrons. The van der Waals surface area contributed by atoms with Crippen LogP contribution in [0.2, 0.25) is 0 Å². The van der Waals surface area contributed by atoms with Gasteiger partial charge in [-0.2, -0.15) is 0 Å². The summed E-state index contributed by atoms with van der Waals surface area (Å²) < 4.78 is 0. The first-order chi connectivity index (χ1) is 10.5. The van der Waals surface area contributed by atoms with Crippen molar-refractivity contribution in [3.05, 3.63) is 29.3 Å². The van der Waals surface area contributed by atoms with E-state index in [1.165, 1.54) is 4.90 Å². The molecular formula is C16H26N4O2. The molecule has 6 nitrogen and oxygen atoms in total. The summed E-state index contributed by atoms with van der Waals surface area (Å²) in [7, 11) is 3.31. The number of amides is 3. The number of rotatable bonds is 7. The second kappa shape index (κ2) is 9.04. The molecule has 0 unspecified atom stereocenters. The Labute approximate surface area is 132 Å². The van der Waals surface area contributed by atoms with Gasteiger partial charge < -0.3 is 20.9 Å². The molecule has 6 heteroatoms. The summed E-state index contributed by atoms with van der Waals surface area (Å²) in [6.07, 6.45) is 1.06. The fraction of sp³-hybridized carbons (Fsp3) is 0.500. The number of carbonyl (C=O) groups excluding carboxylic acids is 2. The van der Waals surface area contributed by atoms with E-state index in [0.29, 0.717) is 17.8 Å². The molecule has 0 saturated carbocycles. The van der Waals surface area contributed by atoms with Crippen LogP contribution in [-0.4, -0.2) is 50.6 Å². The molecule has 22 heavy (non-hydrogen) atoms. The van der Waals surface area contributed by atoms with Crippen molar-refractivity contribution in [3.63, 3.8) is 0 Å². The molecule has 1 aromatic rings. The maximum atomic E-state index is 12.3. The average Bonchev–Trinajstić information content (AvgIpc) is 2.48. The van der Waals surface area contributed by atoms with Crippen LogP contribution in [0.15, 0.2) is 18.2 Å². The van der Waals surface area contributed by atoms with Gasteiger partial charge >= 0.3 is 6.03 Å². The quantitative estimate of drug-likeness (QED) is 0.673. The molecule has 0 saturated heterocycles. The summed E-state index contributed by atoms with van der Waals surface area (Å²) in [5.41, 5.74) is 1.96. The van der Waals surface area contributed by atoms with Crippen LogP contribution >= 0.6 is 0 Å². The zero-order chi connectivity index (χ0) is 16.5. The van der Waals surface area contributed by atoms with Gasteiger partial charge in [-0.3, -0.25) is 4.79 Å². The molecule has 0 aliphatic carbocycles. The summed E-state index contributed by atoms with van der Waals surface area (Å²) in [6, 6.07) is 5.13. The summed E-state index contributed by atoms with van der Waals surface area (Å²) in [4.78, 5) is 25.5. The van der Waals surface area contributed by atoms with E-state index in [4.69, 9.17) is 0 Å². The minimum absolute atomic E-state index is 0.184. The highest BCUT2D eigenvalue weighted by Crippen LogP contribution is 2.17. The van der Waals surface area contributed by atoms with Crippen LogP contribution in [0.3, 0.4) is 0 Å². The van der Waals surface area contributed by atoms with Crippen LogP contribution < -0.4 is 16.0 Å². The van der Waals surface area contributed by atoms with E-state index in [-0.39, 0.29) is 11.9 Å². The number of anilines is 1. The van der Waals surface area contributed by atoms with E-state index in [9.17, 15) is 9.59 Å². The topological polar surface area (TPSA) is 73.5 Å². The zero-order valence-corrected chi connectivity index (χ0v) is 13.8. The molecule has 0 aromatic heterocycles. The van der Waals surface area contributed by atoms with Gasteiger partial charge in [-0.15, -0.1) is 0 Å². The first kappa shape index (κ1) is 18.0. The van der Waals surface area contributed by atoms with Gasteiger partial charge in [0.05, 0.1) is 11.3 Å². The van der Waals surface area contributed by atoms with Crippen molar-refractivity contribution in [3.8, 4) is 0 Å². The minimum Gasteiger partial charge on any atom is -0.351 e. The molecule has 0 bridgehead atoms. The maximum absolute atomic E-state index is 12.3. The van der Waals surface area contributed by atoms with Gasteiger partial charge in [0.25, 0.3) is 5.91 Å². The third kappa shape index (κ3) is 5.73. The van der Waals surface area contributed by atoms with E-state index < -0.39 is 0 Å². The highest BCUT2D eigenvalue weighted by atomic mass is 16.2. The number of aryl methyl sites for hydroxylation is 1. The Morgan fingerprint density at radius 1 is 1.14 bits per heavy atom. The summed E-state index contributed by atoms with van der Waals surface area (Å²) >= 11 is 0. The molecule has 122 valence electrons. The molecule has 0 fully saturated rings. The van der Waals surface area contributed by atoms with Crippen molar-refractivity contribution in [2.45, 2.75) is 20.3 Å². The Hall–Kier alpha value is -2.08. The minimum atomic E-state index is -0.262. The number of hydrogen-bond donors (Lipinski definition) is 3. The van der Waals surface area contributed by atoms with Gasteiger partial charge in [-0.25, -0.2) is 4.79 Å². The number of nitrogens with one attached hydrogen (secondary N) is 3. The molecule has 0 spiro atoms. The lowest BCUT2D eigenvalue weighted by atomic mass is 10.1. The molecule has 1 aromatic carbocycles. The Balaban J connectivity index is 2.72. The molecule has 0 heterocycles. The van der Waals surface area contributed by atoms with Gasteiger partial charge in [-0.05, 0) is 32.0 Å². The molecule has 3 amide bonds. The van der Waals surface area contributed by atoms with Gasteiger partial charge in [0.1, 0.15) is 0 Å². The van der Waals surface area contributed by atoms with Crippen molar-refractivity contribution < 1.29 is 9.59 Å². The number of hydrogen-bond acceptors (Lipinski definition) is 3. The van der Waals surface area contributed by atoms with Crippen LogP contribution in [0.4, 0.5) is 10.5 Å². The predicted octanol–water partition coefficient (Wildman–Crippen LogP) is 1.82. The molecule has 0 atom stereocenters. The van der Waals surface area contributed by atoms with E-state index in [0.717, 1.165) is 25.1 Å². The van der Waals surface area contributed by atoms with E-state index in [1.54, 1.807) is 26.2 Å². The molecule has 3 N–H and O–H groups in total. The van der Waals surface area contributed by atoms with E-state index >= 15 is 0 Å². The Morgan fingerprint density at radius 2 is 1.86 bits per heavy atom. The van der Waals surface area contributed by atoms with Crippen molar-refractivity contribution in [1.29, 1.82) is 0 Å². The summed E-state index contributed by atoms with van der Waals surface area (Å²) in [6.45, 7) is 6.22. The van der Waals surface area contributed by atoms with Crippen molar-refractivity contribution in [1.82, 2.24) is 15.5 Å². The summed E-state index contributed by atoms with van der Waals surface area (Å²) in [5.74, 6) is -0.184. The van der Waals surface area contributed by atoms with Crippen molar-refractivity contribution in [2.24, 2.45) is 0 Å². The van der Waals surface area contributed by atoms with Crippen LogP contribution in [-0.2, 0) is 0 Å². The van der Waals surface area contributed by atoms with Crippen LogP contribution in [0, 0.1) is 6.92 Å². The molecule has 0 aliphatic rings. The predicted molar refractivity (Wildman–Crippen MR) is 89.4 cm³/mol. The smallest absolute Gasteiger partial charge is 0.321 e. The van der Waals surface area contributed by atoms with Gasteiger partial charge in [0.15, 0.2) is 0 Å². The van der Waals surface area contributed by atoms with Crippen molar-refractivity contribution >= 4 is 17.6 Å². The fourth-order valence-corrected chi connectivity index (χ4v) is 1.84. The van der Waals surface area contributed by atoms with Gasteiger partial charge in [-0.1, -0.05) is 18.6 Å². The number of benzene rings is 1. The average molecular weight is 306 g/mol. The number of nitrogens with zero attached hydrogens (tertiary/aromatic N) is 1. The summed E-state index contributed by atoms with van der Waals surface area (Å²) in [5, 5.41) is 8.82. The Morgan fingerprint density at radius 3 is 2.50 bits per heavy atom. The lowest BCUT2D eigenvalue weighted by molar-refractivity contribution is 0.0954. The van der Waals surface area contributed by atoms with Crippen molar-refractivity contribution in [2.75, 3.05) is 39.0 Å². The molecule has 0 aliphatic heterocycles. The largest absolute Gasteiger partial charge is 0.351 e. The van der Waals surface area contributed by atoms with Gasteiger partial charge in [0.2, 0.25) is 0 Å². The normalized spacial score (nSPS) is 10.2. The SMILES string of the molecule is CCCNCCNC(=O)c1cc(C)ccc1NC(=O)N(C)C.